The fourth-order valence-electron chi connectivity index (χ4n) is 2.63. The number of benzene rings is 2. The second-order valence-corrected chi connectivity index (χ2v) is 7.27. The Balaban J connectivity index is 1.64. The molecule has 0 bridgehead atoms. The number of thioether (sulfide) groups is 1. The molecule has 6 nitrogen and oxygen atoms in total. The summed E-state index contributed by atoms with van der Waals surface area (Å²) in [6.45, 7) is 1.70. The average Bonchev–Trinajstić information content (AvgIpc) is 2.71. The Bertz CT molecular complexity index is 1050. The molecule has 0 saturated heterocycles. The van der Waals surface area contributed by atoms with Gasteiger partial charge < -0.3 is 15.0 Å². The molecule has 0 aliphatic rings. The highest BCUT2D eigenvalue weighted by Gasteiger charge is 2.13. The SMILES string of the molecule is COc1ccc(NC(=O)Cc2c(C)nc(SCc3ccc(F)cc3)[nH]c2=O)cc1. The van der Waals surface area contributed by atoms with Gasteiger partial charge in [0.2, 0.25) is 5.91 Å². The minimum absolute atomic E-state index is 0.0803. The number of anilines is 1. The number of halogens is 1. The maximum atomic E-state index is 13.0. The second-order valence-electron chi connectivity index (χ2n) is 6.30. The van der Waals surface area contributed by atoms with Crippen LogP contribution in [0, 0.1) is 12.7 Å². The Kier molecular flexibility index (Phi) is 6.66. The molecule has 3 rings (SSSR count). The van der Waals surface area contributed by atoms with E-state index in [-0.39, 0.29) is 23.7 Å². The fourth-order valence-corrected chi connectivity index (χ4v) is 3.50. The molecule has 0 atom stereocenters. The molecule has 2 N–H and O–H groups in total. The van der Waals surface area contributed by atoms with Crippen molar-refractivity contribution in [2.24, 2.45) is 0 Å². The number of aromatic nitrogens is 2. The smallest absolute Gasteiger partial charge is 0.255 e. The van der Waals surface area contributed by atoms with Crippen molar-refractivity contribution in [1.29, 1.82) is 0 Å². The summed E-state index contributed by atoms with van der Waals surface area (Å²) in [4.78, 5) is 31.8. The Morgan fingerprint density at radius 1 is 1.17 bits per heavy atom. The first kappa shape index (κ1) is 20.6. The molecule has 1 aromatic heterocycles. The van der Waals surface area contributed by atoms with Crippen LogP contribution >= 0.6 is 11.8 Å². The predicted molar refractivity (Wildman–Crippen MR) is 111 cm³/mol. The van der Waals surface area contributed by atoms with Crippen LogP contribution in [0.15, 0.2) is 58.5 Å². The van der Waals surface area contributed by atoms with E-state index in [0.717, 1.165) is 5.56 Å². The molecule has 0 saturated carbocycles. The predicted octanol–water partition coefficient (Wildman–Crippen LogP) is 3.70. The number of nitrogens with one attached hydrogen (secondary N) is 2. The molecule has 0 aliphatic carbocycles. The lowest BCUT2D eigenvalue weighted by Gasteiger charge is -2.09. The Labute approximate surface area is 171 Å². The summed E-state index contributed by atoms with van der Waals surface area (Å²) < 4.78 is 18.1. The first-order valence-electron chi connectivity index (χ1n) is 8.85. The second kappa shape index (κ2) is 9.38. The van der Waals surface area contributed by atoms with Crippen LogP contribution in [0.1, 0.15) is 16.8 Å². The van der Waals surface area contributed by atoms with E-state index < -0.39 is 0 Å². The Morgan fingerprint density at radius 3 is 2.48 bits per heavy atom. The molecule has 29 heavy (non-hydrogen) atoms. The lowest BCUT2D eigenvalue weighted by Crippen LogP contribution is -2.23. The average molecular weight is 413 g/mol. The van der Waals surface area contributed by atoms with E-state index in [1.54, 1.807) is 50.4 Å². The highest BCUT2D eigenvalue weighted by atomic mass is 32.2. The van der Waals surface area contributed by atoms with E-state index in [0.29, 0.717) is 33.6 Å². The normalized spacial score (nSPS) is 10.6. The highest BCUT2D eigenvalue weighted by molar-refractivity contribution is 7.98. The lowest BCUT2D eigenvalue weighted by molar-refractivity contribution is -0.115. The summed E-state index contributed by atoms with van der Waals surface area (Å²) in [5.41, 5.74) is 2.01. The quantitative estimate of drug-likeness (QED) is 0.456. The van der Waals surface area contributed by atoms with Gasteiger partial charge in [0.15, 0.2) is 5.16 Å². The summed E-state index contributed by atoms with van der Waals surface area (Å²) in [6.07, 6.45) is -0.0803. The van der Waals surface area contributed by atoms with Crippen LogP contribution < -0.4 is 15.6 Å². The molecule has 0 spiro atoms. The number of carbonyl (C=O) groups is 1. The van der Waals surface area contributed by atoms with Crippen molar-refractivity contribution < 1.29 is 13.9 Å². The molecule has 0 aliphatic heterocycles. The van der Waals surface area contributed by atoms with Crippen LogP contribution in [0.3, 0.4) is 0 Å². The zero-order chi connectivity index (χ0) is 20.8. The number of aryl methyl sites for hydroxylation is 1. The van der Waals surface area contributed by atoms with Crippen molar-refractivity contribution in [2.45, 2.75) is 24.3 Å². The van der Waals surface area contributed by atoms with E-state index in [1.165, 1.54) is 23.9 Å². The lowest BCUT2D eigenvalue weighted by atomic mass is 10.1. The van der Waals surface area contributed by atoms with Crippen molar-refractivity contribution in [3.05, 3.63) is 81.5 Å². The van der Waals surface area contributed by atoms with Crippen molar-refractivity contribution in [3.63, 3.8) is 0 Å². The number of hydrogen-bond donors (Lipinski definition) is 2. The van der Waals surface area contributed by atoms with Crippen LogP contribution in [0.2, 0.25) is 0 Å². The van der Waals surface area contributed by atoms with Gasteiger partial charge in [-0.05, 0) is 48.9 Å². The maximum Gasteiger partial charge on any atom is 0.255 e. The third kappa shape index (κ3) is 5.68. The minimum atomic E-state index is -0.344. The van der Waals surface area contributed by atoms with Crippen LogP contribution in [0.25, 0.3) is 0 Å². The first-order chi connectivity index (χ1) is 13.9. The van der Waals surface area contributed by atoms with Crippen LogP contribution in [-0.4, -0.2) is 23.0 Å². The standard InChI is InChI=1S/C21H20FN3O3S/c1-13-18(11-19(26)24-16-7-9-17(28-2)10-8-16)20(27)25-21(23-13)29-12-14-3-5-15(22)6-4-14/h3-10H,11-12H2,1-2H3,(H,24,26)(H,23,25,27). The largest absolute Gasteiger partial charge is 0.497 e. The fraction of sp³-hybridized carbons (Fsp3) is 0.190. The molecular formula is C21H20FN3O3S. The first-order valence-corrected chi connectivity index (χ1v) is 9.84. The van der Waals surface area contributed by atoms with Gasteiger partial charge >= 0.3 is 0 Å². The van der Waals surface area contributed by atoms with Gasteiger partial charge in [0.05, 0.1) is 13.5 Å². The van der Waals surface area contributed by atoms with Crippen molar-refractivity contribution in [1.82, 2.24) is 9.97 Å². The van der Waals surface area contributed by atoms with Gasteiger partial charge in [0.25, 0.3) is 5.56 Å². The molecule has 8 heteroatoms. The van der Waals surface area contributed by atoms with E-state index in [9.17, 15) is 14.0 Å². The molecular weight excluding hydrogens is 393 g/mol. The van der Waals surface area contributed by atoms with Gasteiger partial charge in [0.1, 0.15) is 11.6 Å². The number of aromatic amines is 1. The topological polar surface area (TPSA) is 84.1 Å². The van der Waals surface area contributed by atoms with E-state index in [1.807, 2.05) is 0 Å². The van der Waals surface area contributed by atoms with Gasteiger partial charge in [-0.25, -0.2) is 9.37 Å². The van der Waals surface area contributed by atoms with Crippen LogP contribution in [-0.2, 0) is 17.0 Å². The molecule has 0 radical (unpaired) electrons. The number of carbonyl (C=O) groups excluding carboxylic acids is 1. The number of hydrogen-bond acceptors (Lipinski definition) is 5. The monoisotopic (exact) mass is 413 g/mol. The minimum Gasteiger partial charge on any atom is -0.497 e. The molecule has 0 fully saturated rings. The number of rotatable bonds is 7. The number of H-pyrrole nitrogens is 1. The van der Waals surface area contributed by atoms with Crippen molar-refractivity contribution in [2.75, 3.05) is 12.4 Å². The summed E-state index contributed by atoms with van der Waals surface area (Å²) in [7, 11) is 1.57. The number of nitrogens with zero attached hydrogens (tertiary/aromatic N) is 1. The molecule has 150 valence electrons. The third-order valence-corrected chi connectivity index (χ3v) is 5.14. The summed E-state index contributed by atoms with van der Waals surface area (Å²) >= 11 is 1.34. The van der Waals surface area contributed by atoms with Gasteiger partial charge in [-0.15, -0.1) is 0 Å². The zero-order valence-corrected chi connectivity index (χ0v) is 16.8. The van der Waals surface area contributed by atoms with Gasteiger partial charge in [-0.3, -0.25) is 9.59 Å². The number of methoxy groups -OCH3 is 1. The van der Waals surface area contributed by atoms with E-state index in [2.05, 4.69) is 15.3 Å². The van der Waals surface area contributed by atoms with E-state index >= 15 is 0 Å². The Hall–Kier alpha value is -3.13. The molecule has 3 aromatic rings. The van der Waals surface area contributed by atoms with Crippen LogP contribution in [0.5, 0.6) is 5.75 Å². The summed E-state index contributed by atoms with van der Waals surface area (Å²) in [5, 5.41) is 3.21. The number of ether oxygens (including phenoxy) is 1. The van der Waals surface area contributed by atoms with Gasteiger partial charge in [0, 0.05) is 22.7 Å². The molecule has 1 amide bonds. The summed E-state index contributed by atoms with van der Waals surface area (Å²) in [6, 6.07) is 13.1. The molecule has 2 aromatic carbocycles. The van der Waals surface area contributed by atoms with Gasteiger partial charge in [-0.2, -0.15) is 0 Å². The van der Waals surface area contributed by atoms with Gasteiger partial charge in [-0.1, -0.05) is 23.9 Å². The molecule has 0 unspecified atom stereocenters. The Morgan fingerprint density at radius 2 is 1.86 bits per heavy atom. The maximum absolute atomic E-state index is 13.0. The third-order valence-electron chi connectivity index (χ3n) is 4.20. The van der Waals surface area contributed by atoms with E-state index in [4.69, 9.17) is 4.74 Å². The van der Waals surface area contributed by atoms with Crippen molar-refractivity contribution in [3.8, 4) is 5.75 Å². The highest BCUT2D eigenvalue weighted by Crippen LogP contribution is 2.20. The van der Waals surface area contributed by atoms with Crippen molar-refractivity contribution >= 4 is 23.4 Å². The zero-order valence-electron chi connectivity index (χ0n) is 16.0. The number of amides is 1. The van der Waals surface area contributed by atoms with Crippen LogP contribution in [0.4, 0.5) is 10.1 Å². The molecule has 1 heterocycles. The summed E-state index contributed by atoms with van der Waals surface area (Å²) in [5.74, 6) is 0.629.